The van der Waals surface area contributed by atoms with Gasteiger partial charge in [-0.2, -0.15) is 0 Å². The van der Waals surface area contributed by atoms with Crippen LogP contribution < -0.4 is 5.32 Å². The van der Waals surface area contributed by atoms with Gasteiger partial charge in [0.15, 0.2) is 0 Å². The third-order valence-electron chi connectivity index (χ3n) is 3.77. The minimum absolute atomic E-state index is 0.536. The summed E-state index contributed by atoms with van der Waals surface area (Å²) in [5.41, 5.74) is 0.588. The van der Waals surface area contributed by atoms with Crippen molar-refractivity contribution in [1.29, 1.82) is 0 Å². The van der Waals surface area contributed by atoms with Crippen LogP contribution in [-0.4, -0.2) is 17.2 Å². The van der Waals surface area contributed by atoms with Crippen LogP contribution in [0.2, 0.25) is 0 Å². The molecule has 0 spiro atoms. The third-order valence-corrected chi connectivity index (χ3v) is 4.63. The molecule has 0 saturated carbocycles. The summed E-state index contributed by atoms with van der Waals surface area (Å²) >= 11 is 1.74. The summed E-state index contributed by atoms with van der Waals surface area (Å²) in [6, 6.07) is 3.22. The van der Waals surface area contributed by atoms with Crippen LogP contribution in [0.25, 0.3) is 0 Å². The number of fused-ring (bicyclic) bond motifs is 2. The number of hydrogen-bond donors (Lipinski definition) is 2. The number of thiophene rings is 1. The molecule has 15 heavy (non-hydrogen) atoms. The normalized spacial score (nSPS) is 39.6. The van der Waals surface area contributed by atoms with Gasteiger partial charge in [-0.3, -0.25) is 0 Å². The zero-order valence-electron chi connectivity index (χ0n) is 8.99. The standard InChI is InChI=1S/C12H17NOS/c1-8-4-9(7-15-8)12(14)5-10-2-3-11(6-12)13-10/h4,7,10-11,13-14H,2-3,5-6H2,1H3. The minimum atomic E-state index is -0.554. The molecule has 0 aliphatic carbocycles. The molecule has 82 valence electrons. The Kier molecular flexibility index (Phi) is 2.16. The zero-order valence-corrected chi connectivity index (χ0v) is 9.81. The summed E-state index contributed by atoms with van der Waals surface area (Å²) in [5.74, 6) is 0. The Morgan fingerprint density at radius 3 is 2.60 bits per heavy atom. The molecule has 2 aliphatic rings. The molecule has 3 heterocycles. The second kappa shape index (κ2) is 3.30. The lowest BCUT2D eigenvalue weighted by molar-refractivity contribution is -0.0111. The van der Waals surface area contributed by atoms with Gasteiger partial charge in [-0.1, -0.05) is 0 Å². The molecule has 2 N–H and O–H groups in total. The molecule has 2 saturated heterocycles. The molecular formula is C12H17NOS. The van der Waals surface area contributed by atoms with Crippen molar-refractivity contribution in [3.05, 3.63) is 21.9 Å². The average molecular weight is 223 g/mol. The fourth-order valence-electron chi connectivity index (χ4n) is 3.05. The monoisotopic (exact) mass is 223 g/mol. The van der Waals surface area contributed by atoms with E-state index >= 15 is 0 Å². The van der Waals surface area contributed by atoms with Crippen molar-refractivity contribution in [3.63, 3.8) is 0 Å². The molecule has 2 aliphatic heterocycles. The van der Waals surface area contributed by atoms with Crippen molar-refractivity contribution in [2.75, 3.05) is 0 Å². The molecule has 3 rings (SSSR count). The van der Waals surface area contributed by atoms with Crippen molar-refractivity contribution in [3.8, 4) is 0 Å². The average Bonchev–Trinajstić information content (AvgIpc) is 2.74. The Labute approximate surface area is 94.3 Å². The molecule has 0 radical (unpaired) electrons. The summed E-state index contributed by atoms with van der Waals surface area (Å²) < 4.78 is 0. The fourth-order valence-corrected chi connectivity index (χ4v) is 3.84. The summed E-state index contributed by atoms with van der Waals surface area (Å²) in [5, 5.41) is 16.4. The predicted octanol–water partition coefficient (Wildman–Crippen LogP) is 2.16. The maximum absolute atomic E-state index is 10.7. The van der Waals surface area contributed by atoms with E-state index in [2.05, 4.69) is 23.7 Å². The SMILES string of the molecule is Cc1cc(C2(O)CC3CCC(C2)N3)cs1. The lowest BCUT2D eigenvalue weighted by Gasteiger charge is -2.36. The van der Waals surface area contributed by atoms with Gasteiger partial charge in [0.1, 0.15) is 0 Å². The molecule has 1 aromatic heterocycles. The highest BCUT2D eigenvalue weighted by molar-refractivity contribution is 7.10. The summed E-state index contributed by atoms with van der Waals surface area (Å²) in [6.07, 6.45) is 4.24. The van der Waals surface area contributed by atoms with E-state index in [-0.39, 0.29) is 0 Å². The van der Waals surface area contributed by atoms with E-state index < -0.39 is 5.60 Å². The maximum Gasteiger partial charge on any atom is 0.0934 e. The quantitative estimate of drug-likeness (QED) is 0.764. The van der Waals surface area contributed by atoms with Crippen molar-refractivity contribution in [1.82, 2.24) is 5.32 Å². The second-order valence-corrected chi connectivity index (χ2v) is 6.14. The van der Waals surface area contributed by atoms with Gasteiger partial charge >= 0.3 is 0 Å². The lowest BCUT2D eigenvalue weighted by Crippen LogP contribution is -2.46. The number of rotatable bonds is 1. The third kappa shape index (κ3) is 1.63. The Balaban J connectivity index is 1.90. The topological polar surface area (TPSA) is 32.3 Å². The molecular weight excluding hydrogens is 206 g/mol. The van der Waals surface area contributed by atoms with Crippen LogP contribution in [0.1, 0.15) is 36.1 Å². The summed E-state index contributed by atoms with van der Waals surface area (Å²) in [7, 11) is 0. The minimum Gasteiger partial charge on any atom is -0.385 e. The number of piperidine rings is 1. The summed E-state index contributed by atoms with van der Waals surface area (Å²) in [4.78, 5) is 1.30. The second-order valence-electron chi connectivity index (χ2n) is 5.02. The molecule has 2 unspecified atom stereocenters. The van der Waals surface area contributed by atoms with Crippen LogP contribution in [0.5, 0.6) is 0 Å². The van der Waals surface area contributed by atoms with E-state index in [1.165, 1.54) is 17.7 Å². The fraction of sp³-hybridized carbons (Fsp3) is 0.667. The first-order valence-corrected chi connectivity index (χ1v) is 6.58. The van der Waals surface area contributed by atoms with E-state index in [4.69, 9.17) is 0 Å². The molecule has 0 amide bonds. The van der Waals surface area contributed by atoms with Crippen LogP contribution in [0.3, 0.4) is 0 Å². The van der Waals surface area contributed by atoms with Gasteiger partial charge in [-0.25, -0.2) is 0 Å². The van der Waals surface area contributed by atoms with Gasteiger partial charge in [0, 0.05) is 17.0 Å². The van der Waals surface area contributed by atoms with Crippen LogP contribution >= 0.6 is 11.3 Å². The van der Waals surface area contributed by atoms with E-state index in [1.807, 2.05) is 0 Å². The number of nitrogens with one attached hydrogen (secondary N) is 1. The van der Waals surface area contributed by atoms with Crippen LogP contribution in [0.15, 0.2) is 11.4 Å². The van der Waals surface area contributed by atoms with E-state index in [9.17, 15) is 5.11 Å². The molecule has 2 bridgehead atoms. The van der Waals surface area contributed by atoms with Crippen molar-refractivity contribution in [2.24, 2.45) is 0 Å². The number of aliphatic hydroxyl groups is 1. The van der Waals surface area contributed by atoms with Gasteiger partial charge in [-0.15, -0.1) is 11.3 Å². The number of hydrogen-bond acceptors (Lipinski definition) is 3. The van der Waals surface area contributed by atoms with Crippen LogP contribution in [0, 0.1) is 6.92 Å². The van der Waals surface area contributed by atoms with Crippen molar-refractivity contribution in [2.45, 2.75) is 50.3 Å². The molecule has 2 atom stereocenters. The molecule has 0 aromatic carbocycles. The highest BCUT2D eigenvalue weighted by Gasteiger charge is 2.43. The van der Waals surface area contributed by atoms with Gasteiger partial charge < -0.3 is 10.4 Å². The van der Waals surface area contributed by atoms with Gasteiger partial charge in [0.2, 0.25) is 0 Å². The Hall–Kier alpha value is -0.380. The first-order chi connectivity index (χ1) is 7.16. The Bertz CT molecular complexity index is 361. The lowest BCUT2D eigenvalue weighted by atomic mass is 9.83. The molecule has 2 fully saturated rings. The van der Waals surface area contributed by atoms with Gasteiger partial charge in [-0.05, 0) is 49.6 Å². The number of aryl methyl sites for hydroxylation is 1. The highest BCUT2D eigenvalue weighted by Crippen LogP contribution is 2.41. The Morgan fingerprint density at radius 1 is 1.40 bits per heavy atom. The first kappa shape index (κ1) is 9.82. The maximum atomic E-state index is 10.7. The summed E-state index contributed by atoms with van der Waals surface area (Å²) in [6.45, 7) is 2.10. The first-order valence-electron chi connectivity index (χ1n) is 5.70. The van der Waals surface area contributed by atoms with E-state index in [0.29, 0.717) is 12.1 Å². The van der Waals surface area contributed by atoms with Crippen molar-refractivity contribution >= 4 is 11.3 Å². The van der Waals surface area contributed by atoms with Crippen LogP contribution in [-0.2, 0) is 5.60 Å². The van der Waals surface area contributed by atoms with Gasteiger partial charge in [0.05, 0.1) is 5.60 Å². The smallest absolute Gasteiger partial charge is 0.0934 e. The molecule has 3 heteroatoms. The van der Waals surface area contributed by atoms with Gasteiger partial charge in [0.25, 0.3) is 0 Å². The predicted molar refractivity (Wildman–Crippen MR) is 62.1 cm³/mol. The molecule has 1 aromatic rings. The zero-order chi connectivity index (χ0) is 10.5. The van der Waals surface area contributed by atoms with E-state index in [0.717, 1.165) is 18.4 Å². The van der Waals surface area contributed by atoms with E-state index in [1.54, 1.807) is 11.3 Å². The van der Waals surface area contributed by atoms with Crippen molar-refractivity contribution < 1.29 is 5.11 Å². The molecule has 2 nitrogen and oxygen atoms in total. The largest absolute Gasteiger partial charge is 0.385 e. The Morgan fingerprint density at radius 2 is 2.07 bits per heavy atom. The van der Waals surface area contributed by atoms with Crippen LogP contribution in [0.4, 0.5) is 0 Å². The highest BCUT2D eigenvalue weighted by atomic mass is 32.1.